The number of hydrogen-bond acceptors (Lipinski definition) is 3. The second kappa shape index (κ2) is 9.34. The highest BCUT2D eigenvalue weighted by atomic mass is 127. The highest BCUT2D eigenvalue weighted by molar-refractivity contribution is 14.0. The van der Waals surface area contributed by atoms with Crippen LogP contribution < -0.4 is 5.32 Å². The summed E-state index contributed by atoms with van der Waals surface area (Å²) in [7, 11) is 3.67. The predicted molar refractivity (Wildman–Crippen MR) is 94.7 cm³/mol. The third kappa shape index (κ3) is 5.58. The topological polar surface area (TPSA) is 58.3 Å². The standard InChI is InChI=1S/C14H19FN6.HI/c1-16-14(18-7-8-21-11-17-10-19-21)20(2)9-12-3-5-13(15)6-4-12;/h3-6,10-11H,7-9H2,1-2H3,(H,16,18);1H. The molecule has 22 heavy (non-hydrogen) atoms. The summed E-state index contributed by atoms with van der Waals surface area (Å²) in [5, 5.41) is 7.29. The molecule has 0 amide bonds. The maximum atomic E-state index is 12.9. The number of rotatable bonds is 5. The molecule has 0 aliphatic heterocycles. The molecule has 120 valence electrons. The first-order chi connectivity index (χ1) is 10.2. The molecule has 0 fully saturated rings. The lowest BCUT2D eigenvalue weighted by atomic mass is 10.2. The lowest BCUT2D eigenvalue weighted by Crippen LogP contribution is -2.39. The van der Waals surface area contributed by atoms with Crippen molar-refractivity contribution in [2.45, 2.75) is 13.1 Å². The normalized spacial score (nSPS) is 11.0. The third-order valence-corrected chi connectivity index (χ3v) is 3.00. The first-order valence-corrected chi connectivity index (χ1v) is 6.67. The Kier molecular flexibility index (Phi) is 7.78. The van der Waals surface area contributed by atoms with Gasteiger partial charge in [0.25, 0.3) is 0 Å². The number of nitrogens with one attached hydrogen (secondary N) is 1. The van der Waals surface area contributed by atoms with Gasteiger partial charge in [-0.2, -0.15) is 5.10 Å². The summed E-state index contributed by atoms with van der Waals surface area (Å²) in [6, 6.07) is 6.47. The van der Waals surface area contributed by atoms with Crippen LogP contribution in [-0.4, -0.2) is 46.3 Å². The minimum Gasteiger partial charge on any atom is -0.354 e. The van der Waals surface area contributed by atoms with Crippen LogP contribution in [0.2, 0.25) is 0 Å². The van der Waals surface area contributed by atoms with Gasteiger partial charge >= 0.3 is 0 Å². The summed E-state index contributed by atoms with van der Waals surface area (Å²) in [6.45, 7) is 2.07. The number of nitrogens with zero attached hydrogens (tertiary/aromatic N) is 5. The summed E-state index contributed by atoms with van der Waals surface area (Å²) < 4.78 is 14.6. The molecule has 1 heterocycles. The van der Waals surface area contributed by atoms with Crippen molar-refractivity contribution in [2.75, 3.05) is 20.6 Å². The average Bonchev–Trinajstić information content (AvgIpc) is 2.99. The van der Waals surface area contributed by atoms with Gasteiger partial charge < -0.3 is 10.2 Å². The van der Waals surface area contributed by atoms with E-state index in [1.165, 1.54) is 18.5 Å². The molecule has 2 rings (SSSR count). The van der Waals surface area contributed by atoms with Crippen LogP contribution in [0.25, 0.3) is 0 Å². The van der Waals surface area contributed by atoms with Crippen LogP contribution >= 0.6 is 24.0 Å². The van der Waals surface area contributed by atoms with Crippen LogP contribution in [0.15, 0.2) is 41.9 Å². The summed E-state index contributed by atoms with van der Waals surface area (Å²) in [5.74, 6) is 0.552. The summed E-state index contributed by atoms with van der Waals surface area (Å²) in [4.78, 5) is 10.1. The molecule has 0 aliphatic rings. The van der Waals surface area contributed by atoms with E-state index in [1.54, 1.807) is 30.2 Å². The zero-order valence-corrected chi connectivity index (χ0v) is 14.9. The third-order valence-electron chi connectivity index (χ3n) is 3.00. The molecule has 0 aliphatic carbocycles. The van der Waals surface area contributed by atoms with E-state index in [-0.39, 0.29) is 29.8 Å². The molecule has 1 N–H and O–H groups in total. The first-order valence-electron chi connectivity index (χ1n) is 6.67. The van der Waals surface area contributed by atoms with Crippen LogP contribution in [-0.2, 0) is 13.1 Å². The lowest BCUT2D eigenvalue weighted by Gasteiger charge is -2.22. The molecule has 0 atom stereocenters. The van der Waals surface area contributed by atoms with Crippen molar-refractivity contribution in [3.63, 3.8) is 0 Å². The summed E-state index contributed by atoms with van der Waals surface area (Å²) in [5.41, 5.74) is 1.03. The Morgan fingerprint density at radius 1 is 1.36 bits per heavy atom. The van der Waals surface area contributed by atoms with Gasteiger partial charge in [0.1, 0.15) is 18.5 Å². The van der Waals surface area contributed by atoms with Crippen LogP contribution in [0.3, 0.4) is 0 Å². The molecule has 0 bridgehead atoms. The van der Waals surface area contributed by atoms with Gasteiger partial charge in [0.15, 0.2) is 5.96 Å². The molecule has 0 radical (unpaired) electrons. The van der Waals surface area contributed by atoms with Gasteiger partial charge in [0, 0.05) is 27.2 Å². The second-order valence-corrected chi connectivity index (χ2v) is 4.62. The number of aromatic nitrogens is 3. The number of benzene rings is 1. The van der Waals surface area contributed by atoms with Crippen LogP contribution in [0, 0.1) is 5.82 Å². The Bertz CT molecular complexity index is 570. The summed E-state index contributed by atoms with van der Waals surface area (Å²) >= 11 is 0. The van der Waals surface area contributed by atoms with E-state index in [2.05, 4.69) is 20.4 Å². The molecule has 2 aromatic rings. The number of aliphatic imine (C=N–C) groups is 1. The minimum absolute atomic E-state index is 0. The van der Waals surface area contributed by atoms with Gasteiger partial charge in [-0.05, 0) is 17.7 Å². The SMILES string of the molecule is CN=C(NCCn1cncn1)N(C)Cc1ccc(F)cc1.I. The van der Waals surface area contributed by atoms with E-state index in [0.29, 0.717) is 19.6 Å². The van der Waals surface area contributed by atoms with Crippen molar-refractivity contribution < 1.29 is 4.39 Å². The van der Waals surface area contributed by atoms with Gasteiger partial charge in [-0.3, -0.25) is 9.67 Å². The number of halogens is 2. The number of guanidine groups is 1. The number of hydrogen-bond donors (Lipinski definition) is 1. The van der Waals surface area contributed by atoms with Gasteiger partial charge in [0.05, 0.1) is 6.54 Å². The molecule has 0 unspecified atom stereocenters. The fourth-order valence-electron chi connectivity index (χ4n) is 1.95. The average molecular weight is 418 g/mol. The Labute approximate surface area is 146 Å². The monoisotopic (exact) mass is 418 g/mol. The molecule has 0 saturated carbocycles. The first kappa shape index (κ1) is 18.3. The van der Waals surface area contributed by atoms with E-state index >= 15 is 0 Å². The maximum absolute atomic E-state index is 12.9. The molecule has 0 saturated heterocycles. The highest BCUT2D eigenvalue weighted by Gasteiger charge is 2.06. The van der Waals surface area contributed by atoms with Crippen LogP contribution in [0.5, 0.6) is 0 Å². The van der Waals surface area contributed by atoms with Crippen molar-refractivity contribution in [2.24, 2.45) is 4.99 Å². The fourth-order valence-corrected chi connectivity index (χ4v) is 1.95. The zero-order valence-electron chi connectivity index (χ0n) is 12.6. The Morgan fingerprint density at radius 3 is 2.68 bits per heavy atom. The molecular formula is C14H20FIN6. The van der Waals surface area contributed by atoms with Crippen molar-refractivity contribution in [1.82, 2.24) is 25.0 Å². The second-order valence-electron chi connectivity index (χ2n) is 4.62. The van der Waals surface area contributed by atoms with Crippen LogP contribution in [0.4, 0.5) is 4.39 Å². The molecule has 0 spiro atoms. The van der Waals surface area contributed by atoms with E-state index in [9.17, 15) is 4.39 Å². The van der Waals surface area contributed by atoms with E-state index in [0.717, 1.165) is 11.5 Å². The molecule has 1 aromatic carbocycles. The minimum atomic E-state index is -0.225. The molecule has 1 aromatic heterocycles. The van der Waals surface area contributed by atoms with Gasteiger partial charge in [-0.15, -0.1) is 24.0 Å². The zero-order chi connectivity index (χ0) is 15.1. The summed E-state index contributed by atoms with van der Waals surface area (Å²) in [6.07, 6.45) is 3.18. The lowest BCUT2D eigenvalue weighted by molar-refractivity contribution is 0.470. The highest BCUT2D eigenvalue weighted by Crippen LogP contribution is 2.05. The molecular weight excluding hydrogens is 398 g/mol. The maximum Gasteiger partial charge on any atom is 0.193 e. The quantitative estimate of drug-likeness (QED) is 0.457. The van der Waals surface area contributed by atoms with Gasteiger partial charge in [-0.1, -0.05) is 12.1 Å². The van der Waals surface area contributed by atoms with Gasteiger partial charge in [-0.25, -0.2) is 9.37 Å². The van der Waals surface area contributed by atoms with Crippen LogP contribution in [0.1, 0.15) is 5.56 Å². The molecule has 8 heteroatoms. The van der Waals surface area contributed by atoms with Crippen molar-refractivity contribution in [3.8, 4) is 0 Å². The predicted octanol–water partition coefficient (Wildman–Crippen LogP) is 1.74. The van der Waals surface area contributed by atoms with Crippen molar-refractivity contribution in [1.29, 1.82) is 0 Å². The van der Waals surface area contributed by atoms with Crippen molar-refractivity contribution in [3.05, 3.63) is 48.3 Å². The smallest absolute Gasteiger partial charge is 0.193 e. The van der Waals surface area contributed by atoms with E-state index in [1.807, 2.05) is 11.9 Å². The fraction of sp³-hybridized carbons (Fsp3) is 0.357. The van der Waals surface area contributed by atoms with Crippen molar-refractivity contribution >= 4 is 29.9 Å². The Hall–Kier alpha value is -1.71. The Morgan fingerprint density at radius 2 is 2.09 bits per heavy atom. The molecule has 6 nitrogen and oxygen atoms in total. The van der Waals surface area contributed by atoms with E-state index in [4.69, 9.17) is 0 Å². The largest absolute Gasteiger partial charge is 0.354 e. The van der Waals surface area contributed by atoms with Gasteiger partial charge in [0.2, 0.25) is 0 Å². The Balaban J connectivity index is 0.00000242. The van der Waals surface area contributed by atoms with E-state index < -0.39 is 0 Å².